The van der Waals surface area contributed by atoms with Crippen LogP contribution in [0.3, 0.4) is 0 Å². The summed E-state index contributed by atoms with van der Waals surface area (Å²) in [7, 11) is 5.86. The van der Waals surface area contributed by atoms with Crippen molar-refractivity contribution in [2.45, 2.75) is 31.8 Å². The molecular weight excluding hydrogens is 252 g/mol. The van der Waals surface area contributed by atoms with Crippen LogP contribution in [-0.2, 0) is 6.54 Å². The van der Waals surface area contributed by atoms with Crippen molar-refractivity contribution in [3.05, 3.63) is 23.8 Å². The predicted octanol–water partition coefficient (Wildman–Crippen LogP) is 2.28. The Labute approximate surface area is 122 Å². The summed E-state index contributed by atoms with van der Waals surface area (Å²) in [6.07, 6.45) is 3.63. The van der Waals surface area contributed by atoms with Crippen LogP contribution in [0, 0.1) is 0 Å². The summed E-state index contributed by atoms with van der Waals surface area (Å²) in [5, 5.41) is 3.53. The van der Waals surface area contributed by atoms with E-state index in [0.717, 1.165) is 37.6 Å². The molecule has 4 heteroatoms. The zero-order valence-corrected chi connectivity index (χ0v) is 12.8. The maximum absolute atomic E-state index is 5.92. The Morgan fingerprint density at radius 3 is 2.75 bits per heavy atom. The molecule has 1 aromatic carbocycles. The van der Waals surface area contributed by atoms with Gasteiger partial charge in [0, 0.05) is 24.7 Å². The van der Waals surface area contributed by atoms with Crippen LogP contribution in [0.5, 0.6) is 11.5 Å². The molecule has 0 saturated heterocycles. The summed E-state index contributed by atoms with van der Waals surface area (Å²) in [6, 6.07) is 6.74. The van der Waals surface area contributed by atoms with Gasteiger partial charge in [-0.2, -0.15) is 0 Å². The fraction of sp³-hybridized carbons (Fsp3) is 0.625. The first-order valence-corrected chi connectivity index (χ1v) is 7.37. The summed E-state index contributed by atoms with van der Waals surface area (Å²) >= 11 is 0. The fourth-order valence-electron chi connectivity index (χ4n) is 2.07. The summed E-state index contributed by atoms with van der Waals surface area (Å²) in [4.78, 5) is 2.17. The Hall–Kier alpha value is -1.26. The molecule has 0 bridgehead atoms. The highest BCUT2D eigenvalue weighted by atomic mass is 16.5. The van der Waals surface area contributed by atoms with Gasteiger partial charge in [0.1, 0.15) is 11.5 Å². The van der Waals surface area contributed by atoms with Crippen molar-refractivity contribution in [1.82, 2.24) is 10.2 Å². The van der Waals surface area contributed by atoms with Gasteiger partial charge in [0.2, 0.25) is 0 Å². The van der Waals surface area contributed by atoms with Crippen LogP contribution in [0.15, 0.2) is 18.2 Å². The van der Waals surface area contributed by atoms with Gasteiger partial charge in [0.05, 0.1) is 13.7 Å². The van der Waals surface area contributed by atoms with Gasteiger partial charge < -0.3 is 19.7 Å². The summed E-state index contributed by atoms with van der Waals surface area (Å²) in [5.74, 6) is 1.86. The summed E-state index contributed by atoms with van der Waals surface area (Å²) in [5.41, 5.74) is 1.18. The molecule has 0 heterocycles. The predicted molar refractivity (Wildman–Crippen MR) is 81.5 cm³/mol. The van der Waals surface area contributed by atoms with Gasteiger partial charge in [0.25, 0.3) is 0 Å². The van der Waals surface area contributed by atoms with Crippen molar-refractivity contribution >= 4 is 0 Å². The van der Waals surface area contributed by atoms with E-state index in [-0.39, 0.29) is 0 Å². The Morgan fingerprint density at radius 2 is 2.10 bits per heavy atom. The van der Waals surface area contributed by atoms with Crippen LogP contribution in [0.4, 0.5) is 0 Å². The topological polar surface area (TPSA) is 33.7 Å². The van der Waals surface area contributed by atoms with Crippen molar-refractivity contribution in [1.29, 1.82) is 0 Å². The minimum absolute atomic E-state index is 0.697. The molecule has 4 nitrogen and oxygen atoms in total. The zero-order valence-electron chi connectivity index (χ0n) is 12.8. The Kier molecular flexibility index (Phi) is 5.68. The van der Waals surface area contributed by atoms with Gasteiger partial charge in [-0.3, -0.25) is 0 Å². The van der Waals surface area contributed by atoms with Crippen molar-refractivity contribution in [3.8, 4) is 11.5 Å². The van der Waals surface area contributed by atoms with E-state index in [1.807, 2.05) is 12.1 Å². The first-order chi connectivity index (χ1) is 9.69. The standard InChI is InChI=1S/C16H26N2O2/c1-18(2)9-4-10-20-16-8-7-15(19-3)11-13(16)12-17-14-5-6-14/h7-8,11,14,17H,4-6,9-10,12H2,1-3H3. The van der Waals surface area contributed by atoms with Gasteiger partial charge in [0.15, 0.2) is 0 Å². The molecule has 0 unspecified atom stereocenters. The highest BCUT2D eigenvalue weighted by molar-refractivity contribution is 5.40. The van der Waals surface area contributed by atoms with Crippen molar-refractivity contribution in [3.63, 3.8) is 0 Å². The van der Waals surface area contributed by atoms with E-state index in [4.69, 9.17) is 9.47 Å². The lowest BCUT2D eigenvalue weighted by molar-refractivity contribution is 0.278. The first-order valence-electron chi connectivity index (χ1n) is 7.37. The number of rotatable bonds is 9. The van der Waals surface area contributed by atoms with E-state index in [9.17, 15) is 0 Å². The maximum atomic E-state index is 5.92. The average Bonchev–Trinajstić information content (AvgIpc) is 3.26. The third kappa shape index (κ3) is 5.02. The minimum atomic E-state index is 0.697. The molecular formula is C16H26N2O2. The Morgan fingerprint density at radius 1 is 1.30 bits per heavy atom. The summed E-state index contributed by atoms with van der Waals surface area (Å²) < 4.78 is 11.2. The number of nitrogens with one attached hydrogen (secondary N) is 1. The lowest BCUT2D eigenvalue weighted by atomic mass is 10.2. The van der Waals surface area contributed by atoms with Crippen molar-refractivity contribution in [2.75, 3.05) is 34.4 Å². The molecule has 1 aliphatic carbocycles. The number of hydrogen-bond donors (Lipinski definition) is 1. The number of benzene rings is 1. The van der Waals surface area contributed by atoms with E-state index >= 15 is 0 Å². The smallest absolute Gasteiger partial charge is 0.124 e. The number of nitrogens with zero attached hydrogens (tertiary/aromatic N) is 1. The number of hydrogen-bond acceptors (Lipinski definition) is 4. The molecule has 1 fully saturated rings. The quantitative estimate of drug-likeness (QED) is 0.703. The molecule has 112 valence electrons. The number of ether oxygens (including phenoxy) is 2. The van der Waals surface area contributed by atoms with E-state index in [0.29, 0.717) is 6.04 Å². The SMILES string of the molecule is COc1ccc(OCCCN(C)C)c(CNC2CC2)c1. The van der Waals surface area contributed by atoms with E-state index in [2.05, 4.69) is 30.4 Å². The monoisotopic (exact) mass is 278 g/mol. The third-order valence-corrected chi connectivity index (χ3v) is 3.43. The molecule has 0 spiro atoms. The number of methoxy groups -OCH3 is 1. The maximum Gasteiger partial charge on any atom is 0.124 e. The van der Waals surface area contributed by atoms with Crippen molar-refractivity contribution in [2.24, 2.45) is 0 Å². The molecule has 1 saturated carbocycles. The largest absolute Gasteiger partial charge is 0.497 e. The van der Waals surface area contributed by atoms with Crippen LogP contribution < -0.4 is 14.8 Å². The van der Waals surface area contributed by atoms with Crippen LogP contribution in [0.2, 0.25) is 0 Å². The first kappa shape index (κ1) is 15.1. The van der Waals surface area contributed by atoms with Crippen LogP contribution in [0.1, 0.15) is 24.8 Å². The van der Waals surface area contributed by atoms with E-state index < -0.39 is 0 Å². The lowest BCUT2D eigenvalue weighted by Crippen LogP contribution is -2.17. The fourth-order valence-corrected chi connectivity index (χ4v) is 2.07. The van der Waals surface area contributed by atoms with Gasteiger partial charge >= 0.3 is 0 Å². The molecule has 0 atom stereocenters. The third-order valence-electron chi connectivity index (χ3n) is 3.43. The van der Waals surface area contributed by atoms with Gasteiger partial charge in [-0.25, -0.2) is 0 Å². The molecule has 1 aliphatic rings. The average molecular weight is 278 g/mol. The summed E-state index contributed by atoms with van der Waals surface area (Å²) in [6.45, 7) is 2.65. The second-order valence-electron chi connectivity index (χ2n) is 5.63. The molecule has 20 heavy (non-hydrogen) atoms. The van der Waals surface area contributed by atoms with Crippen LogP contribution in [-0.4, -0.2) is 45.3 Å². The minimum Gasteiger partial charge on any atom is -0.497 e. The molecule has 1 aromatic rings. The van der Waals surface area contributed by atoms with E-state index in [1.54, 1.807) is 7.11 Å². The second kappa shape index (κ2) is 7.50. The van der Waals surface area contributed by atoms with Crippen molar-refractivity contribution < 1.29 is 9.47 Å². The molecule has 0 radical (unpaired) electrons. The lowest BCUT2D eigenvalue weighted by Gasteiger charge is -2.14. The normalized spacial score (nSPS) is 14.6. The van der Waals surface area contributed by atoms with Crippen LogP contribution in [0.25, 0.3) is 0 Å². The molecule has 0 amide bonds. The molecule has 0 aliphatic heterocycles. The highest BCUT2D eigenvalue weighted by Gasteiger charge is 2.20. The van der Waals surface area contributed by atoms with Crippen LogP contribution >= 0.6 is 0 Å². The second-order valence-corrected chi connectivity index (χ2v) is 5.63. The van der Waals surface area contributed by atoms with Gasteiger partial charge in [-0.15, -0.1) is 0 Å². The zero-order chi connectivity index (χ0) is 14.4. The molecule has 0 aromatic heterocycles. The molecule has 2 rings (SSSR count). The molecule has 1 N–H and O–H groups in total. The highest BCUT2D eigenvalue weighted by Crippen LogP contribution is 2.26. The Bertz CT molecular complexity index is 417. The van der Waals surface area contributed by atoms with Gasteiger partial charge in [-0.05, 0) is 51.6 Å². The Balaban J connectivity index is 1.90. The van der Waals surface area contributed by atoms with E-state index in [1.165, 1.54) is 18.4 Å². The van der Waals surface area contributed by atoms with Gasteiger partial charge in [-0.1, -0.05) is 0 Å².